The second-order valence-corrected chi connectivity index (χ2v) is 4.16. The van der Waals surface area contributed by atoms with E-state index in [0.717, 1.165) is 12.8 Å². The number of carbonyl (C=O) groups excluding carboxylic acids is 1. The molecule has 2 rings (SSSR count). The average molecular weight is 214 g/mol. The van der Waals surface area contributed by atoms with Crippen LogP contribution in [-0.4, -0.2) is 34.0 Å². The molecule has 2 atom stereocenters. The van der Waals surface area contributed by atoms with Crippen LogP contribution in [0.4, 0.5) is 0 Å². The van der Waals surface area contributed by atoms with Crippen LogP contribution >= 0.6 is 0 Å². The van der Waals surface area contributed by atoms with E-state index < -0.39 is 17.9 Å². The van der Waals surface area contributed by atoms with Crippen LogP contribution in [0.5, 0.6) is 0 Å². The van der Waals surface area contributed by atoms with Crippen molar-refractivity contribution in [2.75, 3.05) is 0 Å². The molecule has 0 bridgehead atoms. The largest absolute Gasteiger partial charge is 0.481 e. The van der Waals surface area contributed by atoms with Crippen molar-refractivity contribution >= 4 is 11.9 Å². The van der Waals surface area contributed by atoms with Crippen molar-refractivity contribution < 1.29 is 19.8 Å². The number of amides is 1. The summed E-state index contributed by atoms with van der Waals surface area (Å²) in [5.74, 6) is -1.04. The minimum absolute atomic E-state index is 0.0658. The van der Waals surface area contributed by atoms with Gasteiger partial charge in [-0.2, -0.15) is 0 Å². The SMILES string of the molecule is O=C(O)CC[C@]1(C2CC2)NC(O)NC1=O. The lowest BCUT2D eigenvalue weighted by Gasteiger charge is -2.25. The van der Waals surface area contributed by atoms with Crippen molar-refractivity contribution in [2.24, 2.45) is 5.92 Å². The molecule has 1 aliphatic carbocycles. The standard InChI is InChI=1S/C9H14N2O4/c12-6(13)3-4-9(5-1-2-5)7(14)10-8(15)11-9/h5,8,11,15H,1-4H2,(H,10,14)(H,12,13)/t8?,9-/m1/s1. The zero-order valence-electron chi connectivity index (χ0n) is 8.19. The molecule has 1 saturated heterocycles. The Morgan fingerprint density at radius 2 is 2.20 bits per heavy atom. The van der Waals surface area contributed by atoms with Gasteiger partial charge in [-0.15, -0.1) is 0 Å². The maximum atomic E-state index is 11.7. The van der Waals surface area contributed by atoms with E-state index in [1.165, 1.54) is 0 Å². The van der Waals surface area contributed by atoms with Crippen LogP contribution in [0.3, 0.4) is 0 Å². The first-order valence-corrected chi connectivity index (χ1v) is 5.03. The molecule has 0 spiro atoms. The zero-order chi connectivity index (χ0) is 11.1. The Morgan fingerprint density at radius 1 is 1.53 bits per heavy atom. The molecular formula is C9H14N2O4. The first kappa shape index (κ1) is 10.4. The highest BCUT2D eigenvalue weighted by Crippen LogP contribution is 2.43. The lowest BCUT2D eigenvalue weighted by molar-refractivity contribution is -0.137. The molecule has 1 heterocycles. The number of carbonyl (C=O) groups is 2. The van der Waals surface area contributed by atoms with Crippen LogP contribution in [-0.2, 0) is 9.59 Å². The lowest BCUT2D eigenvalue weighted by Crippen LogP contribution is -2.50. The van der Waals surface area contributed by atoms with Crippen molar-refractivity contribution in [3.8, 4) is 0 Å². The lowest BCUT2D eigenvalue weighted by atomic mass is 9.88. The quantitative estimate of drug-likeness (QED) is 0.481. The molecule has 0 aromatic heterocycles. The first-order valence-electron chi connectivity index (χ1n) is 5.03. The summed E-state index contributed by atoms with van der Waals surface area (Å²) >= 11 is 0. The number of aliphatic carboxylic acids is 1. The van der Waals surface area contributed by atoms with Crippen LogP contribution in [0.2, 0.25) is 0 Å². The molecule has 1 unspecified atom stereocenters. The topological polar surface area (TPSA) is 98.7 Å². The summed E-state index contributed by atoms with van der Waals surface area (Å²) in [7, 11) is 0. The third kappa shape index (κ3) is 1.82. The van der Waals surface area contributed by atoms with Crippen LogP contribution < -0.4 is 10.6 Å². The van der Waals surface area contributed by atoms with Crippen molar-refractivity contribution in [3.63, 3.8) is 0 Å². The van der Waals surface area contributed by atoms with Crippen LogP contribution in [0.15, 0.2) is 0 Å². The molecule has 0 radical (unpaired) electrons. The third-order valence-corrected chi connectivity index (χ3v) is 3.07. The second kappa shape index (κ2) is 3.46. The fourth-order valence-corrected chi connectivity index (χ4v) is 2.17. The molecule has 84 valence electrons. The van der Waals surface area contributed by atoms with Crippen molar-refractivity contribution in [2.45, 2.75) is 37.6 Å². The minimum atomic E-state index is -1.05. The van der Waals surface area contributed by atoms with Crippen LogP contribution in [0.1, 0.15) is 25.7 Å². The van der Waals surface area contributed by atoms with E-state index in [2.05, 4.69) is 10.6 Å². The highest BCUT2D eigenvalue weighted by atomic mass is 16.4. The van der Waals surface area contributed by atoms with Gasteiger partial charge in [0.1, 0.15) is 5.54 Å². The maximum absolute atomic E-state index is 11.7. The average Bonchev–Trinajstić information content (AvgIpc) is 2.91. The van der Waals surface area contributed by atoms with Gasteiger partial charge in [-0.25, -0.2) is 0 Å². The third-order valence-electron chi connectivity index (χ3n) is 3.07. The maximum Gasteiger partial charge on any atom is 0.303 e. The number of nitrogens with one attached hydrogen (secondary N) is 2. The van der Waals surface area contributed by atoms with Gasteiger partial charge in [0, 0.05) is 6.42 Å². The van der Waals surface area contributed by atoms with E-state index in [0.29, 0.717) is 0 Å². The summed E-state index contributed by atoms with van der Waals surface area (Å²) < 4.78 is 0. The Balaban J connectivity index is 2.10. The molecule has 1 amide bonds. The van der Waals surface area contributed by atoms with Crippen molar-refractivity contribution in [1.82, 2.24) is 10.6 Å². The van der Waals surface area contributed by atoms with Gasteiger partial charge < -0.3 is 15.5 Å². The summed E-state index contributed by atoms with van der Waals surface area (Å²) in [6.45, 7) is 0. The molecule has 0 aromatic carbocycles. The number of carboxylic acid groups (broad SMARTS) is 1. The van der Waals surface area contributed by atoms with Gasteiger partial charge in [0.2, 0.25) is 5.91 Å². The number of carboxylic acids is 1. The predicted molar refractivity (Wildman–Crippen MR) is 49.6 cm³/mol. The van der Waals surface area contributed by atoms with Gasteiger partial charge in [-0.1, -0.05) is 0 Å². The van der Waals surface area contributed by atoms with E-state index in [9.17, 15) is 14.7 Å². The zero-order valence-corrected chi connectivity index (χ0v) is 8.19. The van der Waals surface area contributed by atoms with Gasteiger partial charge in [-0.3, -0.25) is 14.9 Å². The number of aliphatic hydroxyl groups excluding tert-OH is 1. The van der Waals surface area contributed by atoms with Gasteiger partial charge in [-0.05, 0) is 25.2 Å². The number of hydrogen-bond donors (Lipinski definition) is 4. The highest BCUT2D eigenvalue weighted by Gasteiger charge is 2.55. The number of hydrogen-bond acceptors (Lipinski definition) is 4. The Bertz CT molecular complexity index is 302. The van der Waals surface area contributed by atoms with Gasteiger partial charge in [0.25, 0.3) is 0 Å². The summed E-state index contributed by atoms with van der Waals surface area (Å²) in [6.07, 6.45) is 0.936. The van der Waals surface area contributed by atoms with Crippen molar-refractivity contribution in [1.29, 1.82) is 0 Å². The van der Waals surface area contributed by atoms with Gasteiger partial charge in [0.05, 0.1) is 0 Å². The normalized spacial score (nSPS) is 35.3. The summed E-state index contributed by atoms with van der Waals surface area (Å²) in [5, 5.41) is 23.0. The molecule has 0 aromatic rings. The van der Waals surface area contributed by atoms with Gasteiger partial charge in [0.15, 0.2) is 6.35 Å². The van der Waals surface area contributed by atoms with E-state index in [1.807, 2.05) is 0 Å². The van der Waals surface area contributed by atoms with E-state index in [-0.39, 0.29) is 24.7 Å². The molecule has 15 heavy (non-hydrogen) atoms. The first-order chi connectivity index (χ1) is 7.04. The summed E-state index contributed by atoms with van der Waals surface area (Å²) in [6, 6.07) is 0. The fraction of sp³-hybridized carbons (Fsp3) is 0.778. The molecule has 1 saturated carbocycles. The predicted octanol–water partition coefficient (Wildman–Crippen LogP) is -1.00. The van der Waals surface area contributed by atoms with Gasteiger partial charge >= 0.3 is 5.97 Å². The van der Waals surface area contributed by atoms with E-state index in [4.69, 9.17) is 5.11 Å². The highest BCUT2D eigenvalue weighted by molar-refractivity contribution is 5.89. The number of aliphatic hydroxyl groups is 1. The van der Waals surface area contributed by atoms with Crippen LogP contribution in [0.25, 0.3) is 0 Å². The summed E-state index contributed by atoms with van der Waals surface area (Å²) in [4.78, 5) is 22.2. The Morgan fingerprint density at radius 3 is 2.60 bits per heavy atom. The van der Waals surface area contributed by atoms with Crippen molar-refractivity contribution in [3.05, 3.63) is 0 Å². The van der Waals surface area contributed by atoms with E-state index in [1.54, 1.807) is 0 Å². The Kier molecular flexibility index (Phi) is 2.40. The molecule has 6 nitrogen and oxygen atoms in total. The van der Waals surface area contributed by atoms with E-state index >= 15 is 0 Å². The summed E-state index contributed by atoms with van der Waals surface area (Å²) in [5.41, 5.74) is -0.863. The smallest absolute Gasteiger partial charge is 0.303 e. The Hall–Kier alpha value is -1.14. The molecule has 2 aliphatic rings. The molecular weight excluding hydrogens is 200 g/mol. The molecule has 1 aliphatic heterocycles. The van der Waals surface area contributed by atoms with Crippen LogP contribution in [0, 0.1) is 5.92 Å². The molecule has 4 N–H and O–H groups in total. The monoisotopic (exact) mass is 214 g/mol. The molecule has 6 heteroatoms. The molecule has 2 fully saturated rings. The fourth-order valence-electron chi connectivity index (χ4n) is 2.17. The second-order valence-electron chi connectivity index (χ2n) is 4.16. The number of rotatable bonds is 4. The minimum Gasteiger partial charge on any atom is -0.481 e. The Labute approximate surface area is 86.7 Å².